The van der Waals surface area contributed by atoms with Crippen molar-refractivity contribution < 1.29 is 22.4 Å². The molecule has 0 amide bonds. The number of rotatable bonds is 2. The number of aliphatic hydroxyl groups is 1. The van der Waals surface area contributed by atoms with Gasteiger partial charge in [0.1, 0.15) is 19.2 Å². The van der Waals surface area contributed by atoms with Gasteiger partial charge in [0.25, 0.3) is 0 Å². The Labute approximate surface area is 97.3 Å². The van der Waals surface area contributed by atoms with E-state index in [4.69, 9.17) is 0 Å². The summed E-state index contributed by atoms with van der Waals surface area (Å²) in [6, 6.07) is 10.5. The van der Waals surface area contributed by atoms with Gasteiger partial charge in [0, 0.05) is 5.56 Å². The lowest BCUT2D eigenvalue weighted by Crippen LogP contribution is -3.12. The number of nitrogens with one attached hydrogen (secondary N) is 1. The first-order valence-electron chi connectivity index (χ1n) is 5.40. The molecule has 1 aliphatic heterocycles. The van der Waals surface area contributed by atoms with Gasteiger partial charge in [-0.1, -0.05) is 30.3 Å². The maximum Gasteiger partial charge on any atom is 0.104 e. The minimum Gasteiger partial charge on any atom is -1.00 e. The third-order valence-electron chi connectivity index (χ3n) is 2.89. The Morgan fingerprint density at radius 3 is 2.67 bits per heavy atom. The average molecular weight is 228 g/mol. The molecule has 1 aliphatic rings. The van der Waals surface area contributed by atoms with E-state index in [2.05, 4.69) is 24.3 Å². The second kappa shape index (κ2) is 6.11. The quantitative estimate of drug-likeness (QED) is 0.562. The number of halogens is 1. The first-order valence-corrected chi connectivity index (χ1v) is 5.40. The summed E-state index contributed by atoms with van der Waals surface area (Å²) in [4.78, 5) is 1.51. The highest BCUT2D eigenvalue weighted by molar-refractivity contribution is 5.13. The van der Waals surface area contributed by atoms with Crippen LogP contribution in [0.25, 0.3) is 0 Å². The van der Waals surface area contributed by atoms with Crippen molar-refractivity contribution in [1.82, 2.24) is 0 Å². The Kier molecular flexibility index (Phi) is 5.09. The molecule has 1 fully saturated rings. The van der Waals surface area contributed by atoms with Gasteiger partial charge in [-0.2, -0.15) is 0 Å². The lowest BCUT2D eigenvalue weighted by molar-refractivity contribution is -0.921. The molecule has 1 saturated heterocycles. The summed E-state index contributed by atoms with van der Waals surface area (Å²) in [6.07, 6.45) is 2.06. The van der Waals surface area contributed by atoms with E-state index in [0.29, 0.717) is 0 Å². The van der Waals surface area contributed by atoms with E-state index >= 15 is 0 Å². The second-order valence-electron chi connectivity index (χ2n) is 4.16. The van der Waals surface area contributed by atoms with Crippen LogP contribution in [0.5, 0.6) is 0 Å². The van der Waals surface area contributed by atoms with Crippen molar-refractivity contribution in [3.05, 3.63) is 35.9 Å². The molecule has 2 atom stereocenters. The van der Waals surface area contributed by atoms with Gasteiger partial charge in [-0.05, 0) is 12.8 Å². The molecular formula is C12H18ClNO. The van der Waals surface area contributed by atoms with Crippen LogP contribution in [0.15, 0.2) is 30.3 Å². The Hall–Kier alpha value is -0.570. The number of aliphatic hydroxyl groups excluding tert-OH is 1. The van der Waals surface area contributed by atoms with Crippen LogP contribution >= 0.6 is 0 Å². The minimum absolute atomic E-state index is 0. The van der Waals surface area contributed by atoms with Gasteiger partial charge in [-0.3, -0.25) is 0 Å². The highest BCUT2D eigenvalue weighted by Crippen LogP contribution is 2.00. The number of quaternary nitrogens is 1. The lowest BCUT2D eigenvalue weighted by Gasteiger charge is -2.27. The zero-order valence-corrected chi connectivity index (χ0v) is 9.58. The summed E-state index contributed by atoms with van der Waals surface area (Å²) in [5, 5.41) is 9.54. The van der Waals surface area contributed by atoms with E-state index in [9.17, 15) is 5.11 Å². The SMILES string of the molecule is OC1CCC[NH+](Cc2ccccc2)C1.[Cl-]. The van der Waals surface area contributed by atoms with E-state index in [-0.39, 0.29) is 18.5 Å². The molecule has 0 saturated carbocycles. The second-order valence-corrected chi connectivity index (χ2v) is 4.16. The maximum absolute atomic E-state index is 9.54. The standard InChI is InChI=1S/C12H17NO.ClH/c14-12-7-4-8-13(10-12)9-11-5-2-1-3-6-11;/h1-3,5-6,12,14H,4,7-10H2;1H. The van der Waals surface area contributed by atoms with Gasteiger partial charge in [0.15, 0.2) is 0 Å². The summed E-state index contributed by atoms with van der Waals surface area (Å²) < 4.78 is 0. The van der Waals surface area contributed by atoms with Crippen LogP contribution in [0.4, 0.5) is 0 Å². The van der Waals surface area contributed by atoms with Crippen molar-refractivity contribution in [2.75, 3.05) is 13.1 Å². The molecule has 84 valence electrons. The zero-order chi connectivity index (χ0) is 9.80. The Morgan fingerprint density at radius 2 is 2.00 bits per heavy atom. The van der Waals surface area contributed by atoms with Crippen molar-refractivity contribution in [3.8, 4) is 0 Å². The van der Waals surface area contributed by atoms with Crippen LogP contribution in [-0.2, 0) is 6.54 Å². The molecule has 1 aromatic rings. The zero-order valence-electron chi connectivity index (χ0n) is 8.82. The van der Waals surface area contributed by atoms with Crippen LogP contribution in [-0.4, -0.2) is 24.3 Å². The van der Waals surface area contributed by atoms with E-state index in [1.807, 2.05) is 6.07 Å². The molecule has 2 N–H and O–H groups in total. The summed E-state index contributed by atoms with van der Waals surface area (Å²) in [6.45, 7) is 3.17. The molecular weight excluding hydrogens is 210 g/mol. The van der Waals surface area contributed by atoms with Crippen LogP contribution in [0.2, 0.25) is 0 Å². The number of piperidine rings is 1. The van der Waals surface area contributed by atoms with Gasteiger partial charge in [0.2, 0.25) is 0 Å². The summed E-state index contributed by atoms with van der Waals surface area (Å²) >= 11 is 0. The largest absolute Gasteiger partial charge is 1.00 e. The topological polar surface area (TPSA) is 24.7 Å². The number of hydrogen-bond acceptors (Lipinski definition) is 1. The molecule has 2 nitrogen and oxygen atoms in total. The molecule has 1 heterocycles. The number of likely N-dealkylation sites (tertiary alicyclic amines) is 1. The summed E-state index contributed by atoms with van der Waals surface area (Å²) in [5.41, 5.74) is 1.37. The van der Waals surface area contributed by atoms with Crippen molar-refractivity contribution in [2.45, 2.75) is 25.5 Å². The fourth-order valence-electron chi connectivity index (χ4n) is 2.17. The molecule has 1 aromatic carbocycles. The maximum atomic E-state index is 9.54. The van der Waals surface area contributed by atoms with Gasteiger partial charge in [-0.15, -0.1) is 0 Å². The third-order valence-corrected chi connectivity index (χ3v) is 2.89. The highest BCUT2D eigenvalue weighted by Gasteiger charge is 2.20. The predicted octanol–water partition coefficient (Wildman–Crippen LogP) is -2.77. The molecule has 3 heteroatoms. The van der Waals surface area contributed by atoms with E-state index < -0.39 is 0 Å². The molecule has 0 aliphatic carbocycles. The molecule has 15 heavy (non-hydrogen) atoms. The summed E-state index contributed by atoms with van der Waals surface area (Å²) in [7, 11) is 0. The number of hydrogen-bond donors (Lipinski definition) is 2. The fourth-order valence-corrected chi connectivity index (χ4v) is 2.17. The normalized spacial score (nSPS) is 25.7. The van der Waals surface area contributed by atoms with Crippen molar-refractivity contribution in [1.29, 1.82) is 0 Å². The van der Waals surface area contributed by atoms with E-state index in [0.717, 1.165) is 25.9 Å². The fraction of sp³-hybridized carbons (Fsp3) is 0.500. The van der Waals surface area contributed by atoms with Crippen LogP contribution < -0.4 is 17.3 Å². The first kappa shape index (κ1) is 12.5. The van der Waals surface area contributed by atoms with Crippen molar-refractivity contribution >= 4 is 0 Å². The molecule has 0 radical (unpaired) electrons. The smallest absolute Gasteiger partial charge is 0.104 e. The molecule has 2 rings (SSSR count). The minimum atomic E-state index is -0.0811. The van der Waals surface area contributed by atoms with Gasteiger partial charge in [-0.25, -0.2) is 0 Å². The molecule has 0 bridgehead atoms. The lowest BCUT2D eigenvalue weighted by atomic mass is 10.1. The van der Waals surface area contributed by atoms with Crippen LogP contribution in [0.3, 0.4) is 0 Å². The number of benzene rings is 1. The predicted molar refractivity (Wildman–Crippen MR) is 56.1 cm³/mol. The third kappa shape index (κ3) is 3.82. The molecule has 2 unspecified atom stereocenters. The monoisotopic (exact) mass is 227 g/mol. The Morgan fingerprint density at radius 1 is 1.27 bits per heavy atom. The van der Waals surface area contributed by atoms with Crippen LogP contribution in [0, 0.1) is 0 Å². The Bertz CT molecular complexity index is 278. The Balaban J connectivity index is 0.00000112. The van der Waals surface area contributed by atoms with Gasteiger partial charge >= 0.3 is 0 Å². The van der Waals surface area contributed by atoms with Crippen molar-refractivity contribution in [3.63, 3.8) is 0 Å². The average Bonchev–Trinajstić information content (AvgIpc) is 2.19. The summed E-state index contributed by atoms with van der Waals surface area (Å²) in [5.74, 6) is 0. The first-order chi connectivity index (χ1) is 6.84. The van der Waals surface area contributed by atoms with E-state index in [1.54, 1.807) is 0 Å². The highest BCUT2D eigenvalue weighted by atomic mass is 35.5. The van der Waals surface area contributed by atoms with Gasteiger partial charge < -0.3 is 22.4 Å². The van der Waals surface area contributed by atoms with Gasteiger partial charge in [0.05, 0.1) is 6.54 Å². The molecule has 0 spiro atoms. The van der Waals surface area contributed by atoms with Crippen molar-refractivity contribution in [2.24, 2.45) is 0 Å². The molecule has 0 aromatic heterocycles. The van der Waals surface area contributed by atoms with E-state index in [1.165, 1.54) is 17.0 Å². The van der Waals surface area contributed by atoms with Crippen LogP contribution in [0.1, 0.15) is 18.4 Å².